The number of carbonyl (C=O) groups excluding carboxylic acids is 1. The maximum atomic E-state index is 13.1. The third-order valence-corrected chi connectivity index (χ3v) is 6.21. The lowest BCUT2D eigenvalue weighted by atomic mass is 10.1. The molecule has 27 heavy (non-hydrogen) atoms. The number of benzene rings is 3. The normalized spacial score (nSPS) is 11.4. The first-order valence-electron chi connectivity index (χ1n) is 8.16. The van der Waals surface area contributed by atoms with Crippen LogP contribution in [0.1, 0.15) is 21.5 Å². The van der Waals surface area contributed by atoms with Gasteiger partial charge in [-0.25, -0.2) is 0 Å². The predicted molar refractivity (Wildman–Crippen MR) is 123 cm³/mol. The van der Waals surface area contributed by atoms with E-state index in [9.17, 15) is 4.79 Å². The highest BCUT2D eigenvalue weighted by molar-refractivity contribution is 9.10. The minimum absolute atomic E-state index is 0.0179. The van der Waals surface area contributed by atoms with Crippen LogP contribution >= 0.6 is 55.2 Å². The van der Waals surface area contributed by atoms with Gasteiger partial charge in [-0.05, 0) is 65.7 Å². The number of carbonyl (C=O) groups is 1. The molecule has 0 heterocycles. The number of rotatable bonds is 6. The Balaban J connectivity index is 1.87. The van der Waals surface area contributed by atoms with Gasteiger partial charge in [0.05, 0.1) is 4.91 Å². The van der Waals surface area contributed by atoms with Gasteiger partial charge in [-0.2, -0.15) is 0 Å². The standard InChI is InChI=1S/C22H15Br2ClOS/c23-18-7-1-15(2-8-18)13-21(22(26)17-5-9-19(24)10-6-17)27-14-16-3-11-20(25)12-4-16/h1-13H,14H2. The van der Waals surface area contributed by atoms with Crippen molar-refractivity contribution in [3.8, 4) is 0 Å². The molecule has 0 atom stereocenters. The van der Waals surface area contributed by atoms with Crippen molar-refractivity contribution >= 4 is 67.1 Å². The number of halogens is 3. The maximum absolute atomic E-state index is 13.1. The van der Waals surface area contributed by atoms with Crippen molar-refractivity contribution in [3.63, 3.8) is 0 Å². The number of ketones is 1. The fourth-order valence-electron chi connectivity index (χ4n) is 2.37. The van der Waals surface area contributed by atoms with Crippen LogP contribution in [0.15, 0.2) is 86.6 Å². The van der Waals surface area contributed by atoms with Crippen molar-refractivity contribution in [2.75, 3.05) is 0 Å². The third-order valence-electron chi connectivity index (χ3n) is 3.81. The Kier molecular flexibility index (Phi) is 7.36. The van der Waals surface area contributed by atoms with Crippen molar-refractivity contribution in [1.29, 1.82) is 0 Å². The molecular weight excluding hydrogens is 508 g/mol. The highest BCUT2D eigenvalue weighted by atomic mass is 79.9. The molecular formula is C22H15Br2ClOS. The molecule has 0 bridgehead atoms. The zero-order valence-electron chi connectivity index (χ0n) is 14.2. The number of hydrogen-bond donors (Lipinski definition) is 0. The van der Waals surface area contributed by atoms with E-state index in [1.807, 2.05) is 78.9 Å². The van der Waals surface area contributed by atoms with Gasteiger partial charge in [-0.1, -0.05) is 67.7 Å². The van der Waals surface area contributed by atoms with Crippen LogP contribution < -0.4 is 0 Å². The van der Waals surface area contributed by atoms with Crippen LogP contribution in [-0.2, 0) is 5.75 Å². The number of thioether (sulfide) groups is 1. The second-order valence-corrected chi connectivity index (χ2v) is 9.10. The van der Waals surface area contributed by atoms with Crippen LogP contribution in [0.25, 0.3) is 6.08 Å². The van der Waals surface area contributed by atoms with Crippen molar-refractivity contribution in [3.05, 3.63) is 108 Å². The van der Waals surface area contributed by atoms with Gasteiger partial charge < -0.3 is 0 Å². The summed E-state index contributed by atoms with van der Waals surface area (Å²) in [7, 11) is 0. The molecule has 0 aliphatic heterocycles. The second-order valence-electron chi connectivity index (χ2n) is 5.81. The van der Waals surface area contributed by atoms with Gasteiger partial charge in [0.1, 0.15) is 0 Å². The van der Waals surface area contributed by atoms with Crippen LogP contribution in [0.3, 0.4) is 0 Å². The van der Waals surface area contributed by atoms with Gasteiger partial charge in [-0.3, -0.25) is 4.79 Å². The molecule has 0 aromatic heterocycles. The highest BCUT2D eigenvalue weighted by Gasteiger charge is 2.14. The summed E-state index contributed by atoms with van der Waals surface area (Å²) >= 11 is 14.3. The van der Waals surface area contributed by atoms with E-state index >= 15 is 0 Å². The summed E-state index contributed by atoms with van der Waals surface area (Å²) in [5.74, 6) is 0.714. The van der Waals surface area contributed by atoms with Gasteiger partial charge >= 0.3 is 0 Å². The van der Waals surface area contributed by atoms with Crippen LogP contribution in [-0.4, -0.2) is 5.78 Å². The van der Waals surface area contributed by atoms with Crippen LogP contribution in [0.2, 0.25) is 5.02 Å². The molecule has 0 amide bonds. The van der Waals surface area contributed by atoms with Gasteiger partial charge in [0.25, 0.3) is 0 Å². The lowest BCUT2D eigenvalue weighted by molar-refractivity contribution is 0.104. The Morgan fingerprint density at radius 2 is 1.41 bits per heavy atom. The van der Waals surface area contributed by atoms with Crippen LogP contribution in [0.4, 0.5) is 0 Å². The summed E-state index contributed by atoms with van der Waals surface area (Å²) in [4.78, 5) is 13.8. The quantitative estimate of drug-likeness (QED) is 0.241. The first-order valence-corrected chi connectivity index (χ1v) is 11.1. The minimum atomic E-state index is 0.0179. The smallest absolute Gasteiger partial charge is 0.199 e. The van der Waals surface area contributed by atoms with Crippen LogP contribution in [0.5, 0.6) is 0 Å². The molecule has 0 unspecified atom stereocenters. The zero-order valence-corrected chi connectivity index (χ0v) is 18.9. The topological polar surface area (TPSA) is 17.1 Å². The third kappa shape index (κ3) is 6.08. The summed E-state index contributed by atoms with van der Waals surface area (Å²) in [5.41, 5.74) is 2.78. The largest absolute Gasteiger partial charge is 0.288 e. The molecule has 5 heteroatoms. The lowest BCUT2D eigenvalue weighted by Gasteiger charge is -2.08. The molecule has 0 aliphatic rings. The fourth-order valence-corrected chi connectivity index (χ4v) is 4.01. The first kappa shape index (κ1) is 20.4. The Morgan fingerprint density at radius 3 is 2.00 bits per heavy atom. The number of hydrogen-bond acceptors (Lipinski definition) is 2. The molecule has 0 spiro atoms. The van der Waals surface area contributed by atoms with E-state index in [1.165, 1.54) is 11.8 Å². The van der Waals surface area contributed by atoms with Gasteiger partial charge in [0.15, 0.2) is 5.78 Å². The summed E-state index contributed by atoms with van der Waals surface area (Å²) in [6, 6.07) is 23.1. The van der Waals surface area contributed by atoms with Crippen molar-refractivity contribution in [2.45, 2.75) is 5.75 Å². The zero-order chi connectivity index (χ0) is 19.2. The minimum Gasteiger partial charge on any atom is -0.288 e. The highest BCUT2D eigenvalue weighted by Crippen LogP contribution is 2.28. The van der Waals surface area contributed by atoms with E-state index in [-0.39, 0.29) is 5.78 Å². The van der Waals surface area contributed by atoms with Crippen molar-refractivity contribution < 1.29 is 4.79 Å². The summed E-state index contributed by atoms with van der Waals surface area (Å²) in [5, 5.41) is 0.709. The number of Topliss-reactive ketones (excluding diaryl/α,β-unsaturated/α-hetero) is 1. The molecule has 3 aromatic carbocycles. The molecule has 3 rings (SSSR count). The van der Waals surface area contributed by atoms with E-state index in [4.69, 9.17) is 11.6 Å². The molecule has 1 nitrogen and oxygen atoms in total. The summed E-state index contributed by atoms with van der Waals surface area (Å²) in [6.45, 7) is 0. The monoisotopic (exact) mass is 520 g/mol. The average molecular weight is 523 g/mol. The molecule has 0 radical (unpaired) electrons. The number of allylic oxidation sites excluding steroid dienone is 1. The van der Waals surface area contributed by atoms with Crippen molar-refractivity contribution in [1.82, 2.24) is 0 Å². The van der Waals surface area contributed by atoms with E-state index in [1.54, 1.807) is 0 Å². The van der Waals surface area contributed by atoms with Crippen LogP contribution in [0, 0.1) is 0 Å². The van der Waals surface area contributed by atoms with Crippen molar-refractivity contribution in [2.24, 2.45) is 0 Å². The summed E-state index contributed by atoms with van der Waals surface area (Å²) < 4.78 is 1.96. The van der Waals surface area contributed by atoms with E-state index in [2.05, 4.69) is 31.9 Å². The Morgan fingerprint density at radius 1 is 0.852 bits per heavy atom. The van der Waals surface area contributed by atoms with Gasteiger partial charge in [0.2, 0.25) is 0 Å². The SMILES string of the molecule is O=C(C(=Cc1ccc(Br)cc1)SCc1ccc(Cl)cc1)c1ccc(Br)cc1. The Hall–Kier alpha value is -1.33. The maximum Gasteiger partial charge on any atom is 0.199 e. The van der Waals surface area contributed by atoms with E-state index < -0.39 is 0 Å². The summed E-state index contributed by atoms with van der Waals surface area (Å²) in [6.07, 6.45) is 1.94. The molecule has 0 saturated carbocycles. The van der Waals surface area contributed by atoms with Gasteiger partial charge in [0, 0.05) is 25.3 Å². The Labute approximate surface area is 185 Å². The van der Waals surface area contributed by atoms with E-state index in [0.717, 1.165) is 20.1 Å². The molecule has 136 valence electrons. The first-order chi connectivity index (χ1) is 13.0. The van der Waals surface area contributed by atoms with Gasteiger partial charge in [-0.15, -0.1) is 11.8 Å². The average Bonchev–Trinajstić information content (AvgIpc) is 2.68. The molecule has 0 fully saturated rings. The fraction of sp³-hybridized carbons (Fsp3) is 0.0455. The molecule has 0 saturated heterocycles. The lowest BCUT2D eigenvalue weighted by Crippen LogP contribution is -2.01. The molecule has 0 aliphatic carbocycles. The molecule has 0 N–H and O–H groups in total. The second kappa shape index (κ2) is 9.74. The Bertz CT molecular complexity index is 949. The molecule has 3 aromatic rings. The van der Waals surface area contributed by atoms with E-state index in [0.29, 0.717) is 21.2 Å². The predicted octanol–water partition coefficient (Wildman–Crippen LogP) is 8.02.